The number of ether oxygens (including phenoxy) is 1. The Kier molecular flexibility index (Phi) is 5.27. The number of anilines is 2. The molecule has 0 bridgehead atoms. The van der Waals surface area contributed by atoms with Crippen LogP contribution in [0.1, 0.15) is 16.2 Å². The highest BCUT2D eigenvalue weighted by Gasteiger charge is 2.18. The fourth-order valence-corrected chi connectivity index (χ4v) is 3.26. The maximum absolute atomic E-state index is 12.6. The van der Waals surface area contributed by atoms with E-state index in [1.165, 1.54) is 0 Å². The Balaban J connectivity index is 1.47. The van der Waals surface area contributed by atoms with Gasteiger partial charge in [0.1, 0.15) is 0 Å². The summed E-state index contributed by atoms with van der Waals surface area (Å²) in [6.45, 7) is 5.03. The van der Waals surface area contributed by atoms with Gasteiger partial charge in [0.2, 0.25) is 0 Å². The number of nitrogens with one attached hydrogen (secondary N) is 1. The number of aromatic nitrogens is 3. The average Bonchev–Trinajstić information content (AvgIpc) is 3.11. The van der Waals surface area contributed by atoms with Crippen LogP contribution in [-0.4, -0.2) is 47.2 Å². The summed E-state index contributed by atoms with van der Waals surface area (Å²) in [7, 11) is 0. The standard InChI is InChI=1S/C20H20ClN5O2/c1-14-19(23-24-26(14)18-6-2-15(21)3-7-18)20(27)22-16-4-8-17(9-5-16)25-10-12-28-13-11-25/h2-9H,10-13H2,1H3,(H,22,27). The SMILES string of the molecule is Cc1c(C(=O)Nc2ccc(N3CCOCC3)cc2)nnn1-c1ccc(Cl)cc1. The van der Waals surface area contributed by atoms with E-state index in [9.17, 15) is 4.79 Å². The average molecular weight is 398 g/mol. The molecule has 0 spiro atoms. The molecule has 1 aromatic heterocycles. The van der Waals surface area contributed by atoms with Crippen molar-refractivity contribution in [3.8, 4) is 5.69 Å². The number of carbonyl (C=O) groups is 1. The van der Waals surface area contributed by atoms with E-state index in [4.69, 9.17) is 16.3 Å². The number of carbonyl (C=O) groups excluding carboxylic acids is 1. The monoisotopic (exact) mass is 397 g/mol. The van der Waals surface area contributed by atoms with Crippen molar-refractivity contribution < 1.29 is 9.53 Å². The molecule has 144 valence electrons. The van der Waals surface area contributed by atoms with Crippen molar-refractivity contribution >= 4 is 28.9 Å². The van der Waals surface area contributed by atoms with Crippen LogP contribution in [0, 0.1) is 6.92 Å². The third kappa shape index (κ3) is 3.85. The molecule has 1 fully saturated rings. The van der Waals surface area contributed by atoms with Gasteiger partial charge in [-0.15, -0.1) is 5.10 Å². The lowest BCUT2D eigenvalue weighted by Gasteiger charge is -2.28. The molecule has 28 heavy (non-hydrogen) atoms. The summed E-state index contributed by atoms with van der Waals surface area (Å²) >= 11 is 5.93. The minimum Gasteiger partial charge on any atom is -0.378 e. The fourth-order valence-electron chi connectivity index (χ4n) is 3.13. The molecule has 2 aromatic carbocycles. The van der Waals surface area contributed by atoms with E-state index in [1.54, 1.807) is 16.8 Å². The number of hydrogen-bond acceptors (Lipinski definition) is 5. The second-order valence-electron chi connectivity index (χ2n) is 6.51. The molecule has 3 aromatic rings. The van der Waals surface area contributed by atoms with Gasteiger partial charge in [-0.25, -0.2) is 4.68 Å². The predicted molar refractivity (Wildman–Crippen MR) is 109 cm³/mol. The number of halogens is 1. The summed E-state index contributed by atoms with van der Waals surface area (Å²) in [5.41, 5.74) is 3.56. The lowest BCUT2D eigenvalue weighted by molar-refractivity contribution is 0.102. The van der Waals surface area contributed by atoms with E-state index in [2.05, 4.69) is 20.5 Å². The van der Waals surface area contributed by atoms with Crippen LogP contribution in [0.5, 0.6) is 0 Å². The van der Waals surface area contributed by atoms with Crippen molar-refractivity contribution in [1.29, 1.82) is 0 Å². The van der Waals surface area contributed by atoms with Crippen LogP contribution in [0.2, 0.25) is 5.02 Å². The summed E-state index contributed by atoms with van der Waals surface area (Å²) in [5, 5.41) is 11.7. The molecule has 0 saturated carbocycles. The third-order valence-electron chi connectivity index (χ3n) is 4.68. The lowest BCUT2D eigenvalue weighted by atomic mass is 10.2. The number of hydrogen-bond donors (Lipinski definition) is 1. The molecule has 2 heterocycles. The van der Waals surface area contributed by atoms with Crippen molar-refractivity contribution in [3.05, 3.63) is 64.9 Å². The smallest absolute Gasteiger partial charge is 0.278 e. The Bertz CT molecular complexity index is 963. The fraction of sp³-hybridized carbons (Fsp3) is 0.250. The normalized spacial score (nSPS) is 14.1. The first-order chi connectivity index (χ1) is 13.6. The minimum absolute atomic E-state index is 0.284. The number of rotatable bonds is 4. The van der Waals surface area contributed by atoms with Gasteiger partial charge in [0.15, 0.2) is 5.69 Å². The molecule has 0 aliphatic carbocycles. The summed E-state index contributed by atoms with van der Waals surface area (Å²) in [5.74, 6) is -0.295. The lowest BCUT2D eigenvalue weighted by Crippen LogP contribution is -2.36. The van der Waals surface area contributed by atoms with E-state index in [-0.39, 0.29) is 11.6 Å². The quantitative estimate of drug-likeness (QED) is 0.731. The summed E-state index contributed by atoms with van der Waals surface area (Å²) in [6, 6.07) is 15.0. The maximum Gasteiger partial charge on any atom is 0.278 e. The zero-order valence-corrected chi connectivity index (χ0v) is 16.2. The summed E-state index contributed by atoms with van der Waals surface area (Å²) < 4.78 is 7.00. The second kappa shape index (κ2) is 8.00. The molecule has 1 aliphatic rings. The largest absolute Gasteiger partial charge is 0.378 e. The molecular weight excluding hydrogens is 378 g/mol. The molecule has 1 amide bonds. The van der Waals surface area contributed by atoms with E-state index < -0.39 is 0 Å². The van der Waals surface area contributed by atoms with Crippen molar-refractivity contribution in [2.24, 2.45) is 0 Å². The number of morpholine rings is 1. The predicted octanol–water partition coefficient (Wildman–Crippen LogP) is 3.32. The third-order valence-corrected chi connectivity index (χ3v) is 4.93. The van der Waals surface area contributed by atoms with E-state index in [0.29, 0.717) is 16.4 Å². The first kappa shape index (κ1) is 18.5. The highest BCUT2D eigenvalue weighted by atomic mass is 35.5. The summed E-state index contributed by atoms with van der Waals surface area (Å²) in [6.07, 6.45) is 0. The van der Waals surface area contributed by atoms with Gasteiger partial charge in [-0.3, -0.25) is 4.79 Å². The van der Waals surface area contributed by atoms with Crippen LogP contribution in [0.25, 0.3) is 5.69 Å². The van der Waals surface area contributed by atoms with Gasteiger partial charge in [0.25, 0.3) is 5.91 Å². The van der Waals surface area contributed by atoms with Crippen LogP contribution < -0.4 is 10.2 Å². The number of amides is 1. The first-order valence-electron chi connectivity index (χ1n) is 9.04. The molecule has 8 heteroatoms. The van der Waals surface area contributed by atoms with E-state index in [1.807, 2.05) is 43.3 Å². The van der Waals surface area contributed by atoms with E-state index in [0.717, 1.165) is 37.7 Å². The highest BCUT2D eigenvalue weighted by Crippen LogP contribution is 2.20. The summed E-state index contributed by atoms with van der Waals surface area (Å²) in [4.78, 5) is 14.9. The van der Waals surface area contributed by atoms with Gasteiger partial charge in [0.05, 0.1) is 24.6 Å². The number of benzene rings is 2. The van der Waals surface area contributed by atoms with Crippen molar-refractivity contribution in [3.63, 3.8) is 0 Å². The molecule has 1 aliphatic heterocycles. The van der Waals surface area contributed by atoms with Crippen LogP contribution in [0.4, 0.5) is 11.4 Å². The van der Waals surface area contributed by atoms with Crippen molar-refractivity contribution in [2.45, 2.75) is 6.92 Å². The van der Waals surface area contributed by atoms with E-state index >= 15 is 0 Å². The molecule has 4 rings (SSSR count). The zero-order valence-electron chi connectivity index (χ0n) is 15.4. The van der Waals surface area contributed by atoms with Gasteiger partial charge in [-0.2, -0.15) is 0 Å². The van der Waals surface area contributed by atoms with Crippen LogP contribution >= 0.6 is 11.6 Å². The first-order valence-corrected chi connectivity index (χ1v) is 9.42. The van der Waals surface area contributed by atoms with Gasteiger partial charge >= 0.3 is 0 Å². The van der Waals surface area contributed by atoms with Gasteiger partial charge < -0.3 is 15.0 Å². The Morgan fingerprint density at radius 2 is 1.68 bits per heavy atom. The molecule has 0 radical (unpaired) electrons. The number of nitrogens with zero attached hydrogens (tertiary/aromatic N) is 4. The molecular formula is C20H20ClN5O2. The van der Waals surface area contributed by atoms with Crippen LogP contribution in [-0.2, 0) is 4.74 Å². The molecule has 0 atom stereocenters. The maximum atomic E-state index is 12.6. The van der Waals surface area contributed by atoms with Crippen LogP contribution in [0.3, 0.4) is 0 Å². The molecule has 0 unspecified atom stereocenters. The Morgan fingerprint density at radius 3 is 2.36 bits per heavy atom. The van der Waals surface area contributed by atoms with Gasteiger partial charge in [0, 0.05) is 29.5 Å². The molecule has 1 N–H and O–H groups in total. The second-order valence-corrected chi connectivity index (χ2v) is 6.95. The topological polar surface area (TPSA) is 72.3 Å². The van der Waals surface area contributed by atoms with Gasteiger partial charge in [-0.1, -0.05) is 16.8 Å². The molecule has 1 saturated heterocycles. The zero-order chi connectivity index (χ0) is 19.5. The molecule has 7 nitrogen and oxygen atoms in total. The Labute approximate surface area is 167 Å². The Hall–Kier alpha value is -2.90. The van der Waals surface area contributed by atoms with Crippen molar-refractivity contribution in [2.75, 3.05) is 36.5 Å². The van der Waals surface area contributed by atoms with Crippen LogP contribution in [0.15, 0.2) is 48.5 Å². The van der Waals surface area contributed by atoms with Crippen molar-refractivity contribution in [1.82, 2.24) is 15.0 Å². The Morgan fingerprint density at radius 1 is 1.04 bits per heavy atom. The van der Waals surface area contributed by atoms with Gasteiger partial charge in [-0.05, 0) is 55.5 Å². The highest BCUT2D eigenvalue weighted by molar-refractivity contribution is 6.30. The minimum atomic E-state index is -0.295.